The van der Waals surface area contributed by atoms with Crippen LogP contribution in [0.2, 0.25) is 0 Å². The summed E-state index contributed by atoms with van der Waals surface area (Å²) in [6, 6.07) is 0.884. The van der Waals surface area contributed by atoms with Crippen LogP contribution >= 0.6 is 15.9 Å². The second-order valence-corrected chi connectivity index (χ2v) is 5.73. The van der Waals surface area contributed by atoms with E-state index in [1.807, 2.05) is 17.1 Å². The van der Waals surface area contributed by atoms with Crippen LogP contribution in [0.15, 0.2) is 16.9 Å². The maximum absolute atomic E-state index is 9.81. The standard InChI is InChI=1S/C11H16BrN3O/c12-8-4-13-15(5-8)9-6-14(7-9)10-2-1-3-11(10)16/h4-5,9-11,16H,1-3,6-7H2. The fourth-order valence-corrected chi connectivity index (χ4v) is 3.09. The number of aromatic nitrogens is 2. The number of aliphatic hydroxyl groups excluding tert-OH is 1. The highest BCUT2D eigenvalue weighted by molar-refractivity contribution is 9.10. The quantitative estimate of drug-likeness (QED) is 0.894. The van der Waals surface area contributed by atoms with E-state index in [-0.39, 0.29) is 6.10 Å². The SMILES string of the molecule is OC1CCCC1N1CC(n2cc(Br)cn2)C1. The first-order valence-electron chi connectivity index (χ1n) is 5.86. The Morgan fingerprint density at radius 2 is 2.19 bits per heavy atom. The van der Waals surface area contributed by atoms with Crippen molar-refractivity contribution < 1.29 is 5.11 Å². The van der Waals surface area contributed by atoms with Gasteiger partial charge in [-0.1, -0.05) is 0 Å². The van der Waals surface area contributed by atoms with Gasteiger partial charge >= 0.3 is 0 Å². The molecular formula is C11H16BrN3O. The van der Waals surface area contributed by atoms with Gasteiger partial charge in [0.1, 0.15) is 0 Å². The Morgan fingerprint density at radius 3 is 2.75 bits per heavy atom. The van der Waals surface area contributed by atoms with Gasteiger partial charge in [-0.25, -0.2) is 0 Å². The minimum atomic E-state index is -0.106. The number of likely N-dealkylation sites (tertiary alicyclic amines) is 1. The molecule has 3 rings (SSSR count). The van der Waals surface area contributed by atoms with E-state index in [0.717, 1.165) is 30.4 Å². The van der Waals surface area contributed by atoms with Crippen molar-refractivity contribution >= 4 is 15.9 Å². The van der Waals surface area contributed by atoms with Crippen LogP contribution in [-0.4, -0.2) is 45.0 Å². The maximum Gasteiger partial charge on any atom is 0.0773 e. The van der Waals surface area contributed by atoms with Crippen molar-refractivity contribution in [3.8, 4) is 0 Å². The van der Waals surface area contributed by atoms with E-state index in [0.29, 0.717) is 12.1 Å². The highest BCUT2D eigenvalue weighted by Crippen LogP contribution is 2.31. The molecule has 1 aromatic rings. The molecule has 16 heavy (non-hydrogen) atoms. The maximum atomic E-state index is 9.81. The van der Waals surface area contributed by atoms with Gasteiger partial charge in [-0.05, 0) is 35.2 Å². The molecule has 88 valence electrons. The summed E-state index contributed by atoms with van der Waals surface area (Å²) in [5, 5.41) is 14.1. The van der Waals surface area contributed by atoms with Gasteiger partial charge in [0.05, 0.1) is 22.8 Å². The van der Waals surface area contributed by atoms with Crippen LogP contribution < -0.4 is 0 Å². The summed E-state index contributed by atoms with van der Waals surface area (Å²) < 4.78 is 3.05. The predicted molar refractivity (Wildman–Crippen MR) is 64.2 cm³/mol. The Bertz CT molecular complexity index is 375. The van der Waals surface area contributed by atoms with Crippen LogP contribution in [-0.2, 0) is 0 Å². The van der Waals surface area contributed by atoms with Crippen molar-refractivity contribution in [3.05, 3.63) is 16.9 Å². The van der Waals surface area contributed by atoms with Gasteiger partial charge in [0, 0.05) is 25.3 Å². The first-order valence-corrected chi connectivity index (χ1v) is 6.65. The zero-order valence-corrected chi connectivity index (χ0v) is 10.7. The number of aliphatic hydroxyl groups is 1. The number of hydrogen-bond acceptors (Lipinski definition) is 3. The van der Waals surface area contributed by atoms with Gasteiger partial charge < -0.3 is 5.11 Å². The monoisotopic (exact) mass is 285 g/mol. The third-order valence-electron chi connectivity index (χ3n) is 3.75. The zero-order chi connectivity index (χ0) is 11.1. The number of nitrogens with zero attached hydrogens (tertiary/aromatic N) is 3. The van der Waals surface area contributed by atoms with Crippen molar-refractivity contribution in [2.45, 2.75) is 37.5 Å². The zero-order valence-electron chi connectivity index (χ0n) is 9.09. The molecule has 0 radical (unpaired) electrons. The van der Waals surface area contributed by atoms with Crippen LogP contribution in [0.3, 0.4) is 0 Å². The summed E-state index contributed by atoms with van der Waals surface area (Å²) >= 11 is 3.41. The van der Waals surface area contributed by atoms with Gasteiger partial charge in [-0.3, -0.25) is 9.58 Å². The van der Waals surface area contributed by atoms with Gasteiger partial charge in [-0.15, -0.1) is 0 Å². The number of halogens is 1. The van der Waals surface area contributed by atoms with E-state index >= 15 is 0 Å². The normalized spacial score (nSPS) is 31.9. The summed E-state index contributed by atoms with van der Waals surface area (Å²) in [5.41, 5.74) is 0. The van der Waals surface area contributed by atoms with Crippen molar-refractivity contribution in [3.63, 3.8) is 0 Å². The Hall–Kier alpha value is -0.390. The Balaban J connectivity index is 1.58. The van der Waals surface area contributed by atoms with E-state index in [4.69, 9.17) is 0 Å². The molecule has 2 heterocycles. The molecule has 1 N–H and O–H groups in total. The average Bonchev–Trinajstić information content (AvgIpc) is 2.75. The summed E-state index contributed by atoms with van der Waals surface area (Å²) in [7, 11) is 0. The molecule has 1 saturated heterocycles. The Morgan fingerprint density at radius 1 is 1.38 bits per heavy atom. The minimum Gasteiger partial charge on any atom is -0.391 e. The molecule has 2 unspecified atom stereocenters. The van der Waals surface area contributed by atoms with Crippen molar-refractivity contribution in [1.82, 2.24) is 14.7 Å². The van der Waals surface area contributed by atoms with Crippen molar-refractivity contribution in [2.75, 3.05) is 13.1 Å². The molecular weight excluding hydrogens is 270 g/mol. The fourth-order valence-electron chi connectivity index (χ4n) is 2.79. The van der Waals surface area contributed by atoms with Crippen molar-refractivity contribution in [2.24, 2.45) is 0 Å². The smallest absolute Gasteiger partial charge is 0.0773 e. The lowest BCUT2D eigenvalue weighted by atomic mass is 10.0. The second kappa shape index (κ2) is 4.13. The fraction of sp³-hybridized carbons (Fsp3) is 0.727. The highest BCUT2D eigenvalue weighted by atomic mass is 79.9. The molecule has 2 aliphatic rings. The number of hydrogen-bond donors (Lipinski definition) is 1. The van der Waals surface area contributed by atoms with Crippen LogP contribution in [0.4, 0.5) is 0 Å². The van der Waals surface area contributed by atoms with Crippen LogP contribution in [0, 0.1) is 0 Å². The lowest BCUT2D eigenvalue weighted by molar-refractivity contribution is -0.00000477. The van der Waals surface area contributed by atoms with Crippen molar-refractivity contribution in [1.29, 1.82) is 0 Å². The average molecular weight is 286 g/mol. The van der Waals surface area contributed by atoms with E-state index in [1.165, 1.54) is 6.42 Å². The first kappa shape index (κ1) is 10.7. The third-order valence-corrected chi connectivity index (χ3v) is 4.16. The molecule has 5 heteroatoms. The Labute approximate surface area is 103 Å². The van der Waals surface area contributed by atoms with Gasteiger partial charge in [0.15, 0.2) is 0 Å². The largest absolute Gasteiger partial charge is 0.391 e. The molecule has 0 amide bonds. The molecule has 0 aromatic carbocycles. The predicted octanol–water partition coefficient (Wildman–Crippen LogP) is 1.42. The molecule has 0 spiro atoms. The third kappa shape index (κ3) is 1.81. The van der Waals surface area contributed by atoms with E-state index in [2.05, 4.69) is 25.9 Å². The minimum absolute atomic E-state index is 0.106. The molecule has 1 aromatic heterocycles. The van der Waals surface area contributed by atoms with E-state index in [1.54, 1.807) is 0 Å². The molecule has 1 saturated carbocycles. The molecule has 1 aliphatic carbocycles. The van der Waals surface area contributed by atoms with Gasteiger partial charge in [-0.2, -0.15) is 5.10 Å². The van der Waals surface area contributed by atoms with Gasteiger partial charge in [0.25, 0.3) is 0 Å². The van der Waals surface area contributed by atoms with Crippen LogP contribution in [0.1, 0.15) is 25.3 Å². The molecule has 2 atom stereocenters. The summed E-state index contributed by atoms with van der Waals surface area (Å²) in [6.45, 7) is 2.05. The summed E-state index contributed by atoms with van der Waals surface area (Å²) in [6.07, 6.45) is 7.03. The van der Waals surface area contributed by atoms with Gasteiger partial charge in [0.2, 0.25) is 0 Å². The topological polar surface area (TPSA) is 41.3 Å². The highest BCUT2D eigenvalue weighted by Gasteiger charge is 2.38. The molecule has 4 nitrogen and oxygen atoms in total. The second-order valence-electron chi connectivity index (χ2n) is 4.81. The number of rotatable bonds is 2. The summed E-state index contributed by atoms with van der Waals surface area (Å²) in [5.74, 6) is 0. The molecule has 2 fully saturated rings. The lowest BCUT2D eigenvalue weighted by Crippen LogP contribution is -2.55. The van der Waals surface area contributed by atoms with E-state index < -0.39 is 0 Å². The molecule has 0 bridgehead atoms. The summed E-state index contributed by atoms with van der Waals surface area (Å²) in [4.78, 5) is 2.39. The lowest BCUT2D eigenvalue weighted by Gasteiger charge is -2.44. The first-order chi connectivity index (χ1) is 7.74. The van der Waals surface area contributed by atoms with Crippen LogP contribution in [0.25, 0.3) is 0 Å². The van der Waals surface area contributed by atoms with E-state index in [9.17, 15) is 5.11 Å². The van der Waals surface area contributed by atoms with Crippen LogP contribution in [0.5, 0.6) is 0 Å². The Kier molecular flexibility index (Phi) is 2.77. The molecule has 1 aliphatic heterocycles.